The molecule has 0 amide bonds. The van der Waals surface area contributed by atoms with E-state index < -0.39 is 0 Å². The largest absolute Gasteiger partial charge is 0.399 e. The highest BCUT2D eigenvalue weighted by molar-refractivity contribution is 6.26. The summed E-state index contributed by atoms with van der Waals surface area (Å²) in [5, 5.41) is 4.67. The van der Waals surface area contributed by atoms with Gasteiger partial charge in [0.25, 0.3) is 0 Å². The fourth-order valence-electron chi connectivity index (χ4n) is 8.35. The predicted octanol–water partition coefficient (Wildman–Crippen LogP) is 12.3. The molecule has 11 rings (SSSR count). The van der Waals surface area contributed by atoms with E-state index in [0.717, 1.165) is 72.0 Å². The first-order valence-electron chi connectivity index (χ1n) is 19.1. The van der Waals surface area contributed by atoms with Crippen LogP contribution >= 0.6 is 0 Å². The fourth-order valence-corrected chi connectivity index (χ4v) is 8.35. The molecule has 0 atom stereocenters. The maximum Gasteiger partial charge on any atom is 0.166 e. The van der Waals surface area contributed by atoms with Crippen LogP contribution in [0.1, 0.15) is 0 Å². The third-order valence-electron chi connectivity index (χ3n) is 10.9. The lowest BCUT2D eigenvalue weighted by Gasteiger charge is -2.16. The molecule has 0 aliphatic rings. The third-order valence-corrected chi connectivity index (χ3v) is 10.9. The number of fused-ring (bicyclic) bond motifs is 7. The first-order valence-corrected chi connectivity index (χ1v) is 19.1. The quantitative estimate of drug-likeness (QED) is 0.173. The number of nitrogen functional groups attached to an aromatic ring is 1. The zero-order chi connectivity index (χ0) is 37.9. The second kappa shape index (κ2) is 13.2. The average Bonchev–Trinajstić information content (AvgIpc) is 3.80. The molecular formula is C51H34N6. The van der Waals surface area contributed by atoms with Gasteiger partial charge in [0.1, 0.15) is 0 Å². The maximum absolute atomic E-state index is 6.68. The Balaban J connectivity index is 1.22. The molecule has 268 valence electrons. The van der Waals surface area contributed by atoms with Gasteiger partial charge in [0.05, 0.1) is 27.8 Å². The van der Waals surface area contributed by atoms with Gasteiger partial charge in [0, 0.05) is 49.6 Å². The molecule has 8 aromatic carbocycles. The number of benzene rings is 8. The van der Waals surface area contributed by atoms with Crippen LogP contribution in [0.4, 0.5) is 5.69 Å². The number of anilines is 1. The van der Waals surface area contributed by atoms with Crippen molar-refractivity contribution in [2.24, 2.45) is 0 Å². The van der Waals surface area contributed by atoms with Crippen molar-refractivity contribution in [3.63, 3.8) is 0 Å². The Kier molecular flexibility index (Phi) is 7.54. The van der Waals surface area contributed by atoms with Crippen LogP contribution in [0.3, 0.4) is 0 Å². The molecule has 0 aliphatic carbocycles. The lowest BCUT2D eigenvalue weighted by Crippen LogP contribution is -2.04. The number of nitrogens with zero attached hydrogens (tertiary/aromatic N) is 5. The van der Waals surface area contributed by atoms with Crippen molar-refractivity contribution in [1.29, 1.82) is 0 Å². The van der Waals surface area contributed by atoms with Gasteiger partial charge in [0.15, 0.2) is 17.5 Å². The molecule has 3 heterocycles. The molecular weight excluding hydrogens is 697 g/mol. The van der Waals surface area contributed by atoms with Crippen molar-refractivity contribution in [3.05, 3.63) is 194 Å². The number of hydrogen-bond acceptors (Lipinski definition) is 4. The van der Waals surface area contributed by atoms with E-state index in [2.05, 4.69) is 155 Å². The van der Waals surface area contributed by atoms with Gasteiger partial charge in [-0.1, -0.05) is 140 Å². The van der Waals surface area contributed by atoms with Gasteiger partial charge in [-0.2, -0.15) is 0 Å². The summed E-state index contributed by atoms with van der Waals surface area (Å²) < 4.78 is 4.75. The van der Waals surface area contributed by atoms with Crippen molar-refractivity contribution in [3.8, 4) is 56.7 Å². The van der Waals surface area contributed by atoms with E-state index in [0.29, 0.717) is 23.2 Å². The Morgan fingerprint density at radius 1 is 0.368 bits per heavy atom. The number of nitrogens with two attached hydrogens (primary N) is 1. The van der Waals surface area contributed by atoms with E-state index in [-0.39, 0.29) is 0 Å². The van der Waals surface area contributed by atoms with Crippen molar-refractivity contribution in [1.82, 2.24) is 24.1 Å². The first-order chi connectivity index (χ1) is 28.2. The van der Waals surface area contributed by atoms with Crippen LogP contribution in [0, 0.1) is 0 Å². The number of rotatable bonds is 6. The molecule has 11 aromatic rings. The zero-order valence-corrected chi connectivity index (χ0v) is 30.8. The Bertz CT molecular complexity index is 3290. The minimum absolute atomic E-state index is 0.538. The summed E-state index contributed by atoms with van der Waals surface area (Å²) in [6.45, 7) is 0. The van der Waals surface area contributed by atoms with E-state index >= 15 is 0 Å². The number of aromatic nitrogens is 5. The molecule has 0 aliphatic heterocycles. The summed E-state index contributed by atoms with van der Waals surface area (Å²) in [6, 6.07) is 67.4. The molecule has 0 saturated heterocycles. The maximum atomic E-state index is 6.68. The molecule has 0 unspecified atom stereocenters. The SMILES string of the molecule is Nc1ccc(-n2c3ccccc3c3ccc4c(c5ccccc5n4-c4ccccc4)c32)c(-c2nc(-c3ccccc3)nc(-c3cccc(-c4ccccc4)c3)n2)c1. The topological polar surface area (TPSA) is 74.5 Å². The molecule has 2 N–H and O–H groups in total. The van der Waals surface area contributed by atoms with E-state index in [1.54, 1.807) is 0 Å². The Morgan fingerprint density at radius 2 is 0.947 bits per heavy atom. The van der Waals surface area contributed by atoms with Crippen LogP contribution in [-0.2, 0) is 0 Å². The third kappa shape index (κ3) is 5.38. The van der Waals surface area contributed by atoms with E-state index in [9.17, 15) is 0 Å². The summed E-state index contributed by atoms with van der Waals surface area (Å²) in [5.74, 6) is 1.71. The van der Waals surface area contributed by atoms with Gasteiger partial charge in [-0.15, -0.1) is 0 Å². The summed E-state index contributed by atoms with van der Waals surface area (Å²) in [7, 11) is 0. The molecule has 0 saturated carbocycles. The normalized spacial score (nSPS) is 11.6. The van der Waals surface area contributed by atoms with Crippen LogP contribution in [0.15, 0.2) is 194 Å². The van der Waals surface area contributed by atoms with E-state index in [1.807, 2.05) is 48.5 Å². The number of para-hydroxylation sites is 3. The van der Waals surface area contributed by atoms with Crippen molar-refractivity contribution in [2.45, 2.75) is 0 Å². The average molecular weight is 731 g/mol. The van der Waals surface area contributed by atoms with Crippen molar-refractivity contribution < 1.29 is 0 Å². The minimum atomic E-state index is 0.538. The molecule has 0 bridgehead atoms. The highest BCUT2D eigenvalue weighted by atomic mass is 15.1. The zero-order valence-electron chi connectivity index (χ0n) is 30.8. The van der Waals surface area contributed by atoms with Gasteiger partial charge in [-0.25, -0.2) is 15.0 Å². The lowest BCUT2D eigenvalue weighted by atomic mass is 10.0. The van der Waals surface area contributed by atoms with Crippen molar-refractivity contribution >= 4 is 49.3 Å². The first kappa shape index (κ1) is 32.6. The van der Waals surface area contributed by atoms with E-state index in [4.69, 9.17) is 20.7 Å². The summed E-state index contributed by atoms with van der Waals surface area (Å²) >= 11 is 0. The van der Waals surface area contributed by atoms with Gasteiger partial charge >= 0.3 is 0 Å². The predicted molar refractivity (Wildman–Crippen MR) is 235 cm³/mol. The van der Waals surface area contributed by atoms with Gasteiger partial charge in [-0.3, -0.25) is 0 Å². The Labute approximate surface area is 328 Å². The minimum Gasteiger partial charge on any atom is -0.399 e. The second-order valence-corrected chi connectivity index (χ2v) is 14.3. The monoisotopic (exact) mass is 730 g/mol. The van der Waals surface area contributed by atoms with Crippen LogP contribution < -0.4 is 5.73 Å². The summed E-state index contributed by atoms with van der Waals surface area (Å²) in [4.78, 5) is 15.6. The molecule has 3 aromatic heterocycles. The van der Waals surface area contributed by atoms with Crippen LogP contribution in [0.5, 0.6) is 0 Å². The Hall–Kier alpha value is -7.83. The fraction of sp³-hybridized carbons (Fsp3) is 0. The van der Waals surface area contributed by atoms with E-state index in [1.165, 1.54) is 10.8 Å². The number of hydrogen-bond donors (Lipinski definition) is 1. The standard InChI is InChI=1S/C51H34N6/c52-37-27-29-45(42(32-37)51-54-49(34-17-6-2-7-18-34)53-50(55-51)36-20-14-19-35(31-36)33-15-4-1-5-16-33)57-43-25-12-10-23-39(43)40-28-30-46-47(48(40)57)41-24-11-13-26-44(41)56(46)38-21-8-3-9-22-38/h1-32H,52H2. The summed E-state index contributed by atoms with van der Waals surface area (Å²) in [5.41, 5.74) is 18.6. The van der Waals surface area contributed by atoms with Crippen LogP contribution in [-0.4, -0.2) is 24.1 Å². The van der Waals surface area contributed by atoms with Crippen LogP contribution in [0.2, 0.25) is 0 Å². The molecule has 57 heavy (non-hydrogen) atoms. The Morgan fingerprint density at radius 3 is 1.70 bits per heavy atom. The smallest absolute Gasteiger partial charge is 0.166 e. The highest BCUT2D eigenvalue weighted by Crippen LogP contribution is 2.43. The summed E-state index contributed by atoms with van der Waals surface area (Å²) in [6.07, 6.45) is 0. The highest BCUT2D eigenvalue weighted by Gasteiger charge is 2.23. The molecule has 0 fully saturated rings. The van der Waals surface area contributed by atoms with Crippen molar-refractivity contribution in [2.75, 3.05) is 5.73 Å². The van der Waals surface area contributed by atoms with Gasteiger partial charge < -0.3 is 14.9 Å². The molecule has 0 spiro atoms. The molecule has 6 nitrogen and oxygen atoms in total. The second-order valence-electron chi connectivity index (χ2n) is 14.3. The van der Waals surface area contributed by atoms with Gasteiger partial charge in [-0.05, 0) is 65.7 Å². The molecule has 6 heteroatoms. The lowest BCUT2D eigenvalue weighted by molar-refractivity contribution is 1.07. The van der Waals surface area contributed by atoms with Crippen LogP contribution in [0.25, 0.3) is 100 Å². The van der Waals surface area contributed by atoms with Gasteiger partial charge in [0.2, 0.25) is 0 Å². The molecule has 0 radical (unpaired) electrons.